The molecular formula is C14H14ClN3O2S2. The van der Waals surface area contributed by atoms with Gasteiger partial charge in [-0.1, -0.05) is 11.6 Å². The van der Waals surface area contributed by atoms with Crippen LogP contribution in [0.2, 0.25) is 4.34 Å². The van der Waals surface area contributed by atoms with E-state index in [2.05, 4.69) is 10.3 Å². The molecule has 1 aliphatic heterocycles. The SMILES string of the molecule is O=C(Nc1nccs1)C1CCN(C(=O)c2ccc(Cl)s2)CC1. The highest BCUT2D eigenvalue weighted by molar-refractivity contribution is 7.18. The summed E-state index contributed by atoms with van der Waals surface area (Å²) in [6.07, 6.45) is 3.00. The van der Waals surface area contributed by atoms with Crippen molar-refractivity contribution in [1.82, 2.24) is 9.88 Å². The van der Waals surface area contributed by atoms with Crippen LogP contribution in [0.15, 0.2) is 23.7 Å². The van der Waals surface area contributed by atoms with Gasteiger partial charge >= 0.3 is 0 Å². The first-order valence-corrected chi connectivity index (χ1v) is 8.96. The summed E-state index contributed by atoms with van der Waals surface area (Å²) < 4.78 is 0.612. The summed E-state index contributed by atoms with van der Waals surface area (Å²) in [5.74, 6) is -0.0863. The minimum absolute atomic E-state index is 0.00400. The highest BCUT2D eigenvalue weighted by atomic mass is 35.5. The van der Waals surface area contributed by atoms with E-state index in [-0.39, 0.29) is 17.7 Å². The number of aromatic nitrogens is 1. The molecule has 2 aromatic heterocycles. The molecule has 0 saturated carbocycles. The lowest BCUT2D eigenvalue weighted by Gasteiger charge is -2.30. The first-order valence-electron chi connectivity index (χ1n) is 6.88. The topological polar surface area (TPSA) is 62.3 Å². The van der Waals surface area contributed by atoms with Crippen LogP contribution in [0, 0.1) is 5.92 Å². The van der Waals surface area contributed by atoms with Gasteiger partial charge in [-0.2, -0.15) is 0 Å². The number of carbonyl (C=O) groups is 2. The van der Waals surface area contributed by atoms with Gasteiger partial charge in [-0.05, 0) is 25.0 Å². The molecule has 0 atom stereocenters. The van der Waals surface area contributed by atoms with Gasteiger partial charge in [-0.25, -0.2) is 4.98 Å². The van der Waals surface area contributed by atoms with Crippen LogP contribution in [-0.2, 0) is 4.79 Å². The van der Waals surface area contributed by atoms with E-state index >= 15 is 0 Å². The number of amides is 2. The second kappa shape index (κ2) is 6.76. The third-order valence-corrected chi connectivity index (χ3v) is 5.51. The molecule has 1 aliphatic rings. The average Bonchev–Trinajstić information content (AvgIpc) is 3.18. The van der Waals surface area contributed by atoms with Crippen LogP contribution >= 0.6 is 34.3 Å². The predicted molar refractivity (Wildman–Crippen MR) is 88.7 cm³/mol. The number of nitrogens with one attached hydrogen (secondary N) is 1. The van der Waals surface area contributed by atoms with E-state index in [0.29, 0.717) is 40.3 Å². The number of piperidine rings is 1. The molecule has 0 aromatic carbocycles. The maximum Gasteiger partial charge on any atom is 0.263 e. The molecule has 0 aliphatic carbocycles. The van der Waals surface area contributed by atoms with E-state index in [4.69, 9.17) is 11.6 Å². The van der Waals surface area contributed by atoms with Gasteiger partial charge in [0.25, 0.3) is 5.91 Å². The van der Waals surface area contributed by atoms with Crippen LogP contribution in [0.1, 0.15) is 22.5 Å². The Bertz CT molecular complexity index is 663. The van der Waals surface area contributed by atoms with Crippen molar-refractivity contribution in [3.05, 3.63) is 32.9 Å². The van der Waals surface area contributed by atoms with Crippen molar-refractivity contribution in [1.29, 1.82) is 0 Å². The molecule has 2 amide bonds. The third-order valence-electron chi connectivity index (χ3n) is 3.60. The fourth-order valence-electron chi connectivity index (χ4n) is 2.42. The Kier molecular flexibility index (Phi) is 4.75. The molecule has 1 N–H and O–H groups in total. The fourth-order valence-corrected chi connectivity index (χ4v) is 3.97. The van der Waals surface area contributed by atoms with Gasteiger partial charge in [-0.15, -0.1) is 22.7 Å². The van der Waals surface area contributed by atoms with Crippen molar-refractivity contribution in [2.75, 3.05) is 18.4 Å². The number of rotatable bonds is 3. The fraction of sp³-hybridized carbons (Fsp3) is 0.357. The Morgan fingerprint density at radius 1 is 1.32 bits per heavy atom. The summed E-state index contributed by atoms with van der Waals surface area (Å²) in [6.45, 7) is 1.18. The Morgan fingerprint density at radius 2 is 2.09 bits per heavy atom. The van der Waals surface area contributed by atoms with Crippen molar-refractivity contribution in [2.45, 2.75) is 12.8 Å². The minimum Gasteiger partial charge on any atom is -0.338 e. The van der Waals surface area contributed by atoms with Crippen molar-refractivity contribution in [3.8, 4) is 0 Å². The van der Waals surface area contributed by atoms with Gasteiger partial charge in [0.1, 0.15) is 0 Å². The van der Waals surface area contributed by atoms with Crippen LogP contribution < -0.4 is 5.32 Å². The first kappa shape index (κ1) is 15.5. The van der Waals surface area contributed by atoms with E-state index in [0.717, 1.165) is 0 Å². The lowest BCUT2D eigenvalue weighted by molar-refractivity contribution is -0.121. The van der Waals surface area contributed by atoms with Crippen molar-refractivity contribution in [2.24, 2.45) is 5.92 Å². The second-order valence-corrected chi connectivity index (χ2v) is 7.61. The lowest BCUT2D eigenvalue weighted by atomic mass is 9.96. The van der Waals surface area contributed by atoms with Gasteiger partial charge in [0.05, 0.1) is 9.21 Å². The third kappa shape index (κ3) is 3.48. The monoisotopic (exact) mass is 355 g/mol. The standard InChI is InChI=1S/C14H14ClN3O2S2/c15-11-2-1-10(22-11)13(20)18-6-3-9(4-7-18)12(19)17-14-16-5-8-21-14/h1-2,5,8-9H,3-4,6-7H2,(H,16,17,19). The minimum atomic E-state index is -0.0696. The zero-order valence-corrected chi connectivity index (χ0v) is 14.0. The van der Waals surface area contributed by atoms with E-state index < -0.39 is 0 Å². The zero-order valence-electron chi connectivity index (χ0n) is 11.6. The molecule has 116 valence electrons. The highest BCUT2D eigenvalue weighted by Crippen LogP contribution is 2.26. The summed E-state index contributed by atoms with van der Waals surface area (Å²) in [7, 11) is 0. The largest absolute Gasteiger partial charge is 0.338 e. The zero-order chi connectivity index (χ0) is 15.5. The van der Waals surface area contributed by atoms with Gasteiger partial charge in [0.15, 0.2) is 5.13 Å². The number of anilines is 1. The van der Waals surface area contributed by atoms with Crippen molar-refractivity contribution >= 4 is 51.2 Å². The molecular weight excluding hydrogens is 342 g/mol. The number of carbonyl (C=O) groups excluding carboxylic acids is 2. The van der Waals surface area contributed by atoms with E-state index in [1.165, 1.54) is 22.7 Å². The number of thiophene rings is 1. The molecule has 1 saturated heterocycles. The number of nitrogens with zero attached hydrogens (tertiary/aromatic N) is 2. The van der Waals surface area contributed by atoms with Crippen LogP contribution in [0.5, 0.6) is 0 Å². The Balaban J connectivity index is 1.54. The number of hydrogen-bond donors (Lipinski definition) is 1. The molecule has 0 unspecified atom stereocenters. The summed E-state index contributed by atoms with van der Waals surface area (Å²) in [4.78, 5) is 30.9. The van der Waals surface area contributed by atoms with Gasteiger partial charge in [0.2, 0.25) is 5.91 Å². The molecule has 8 heteroatoms. The van der Waals surface area contributed by atoms with Crippen LogP contribution in [-0.4, -0.2) is 34.8 Å². The number of hydrogen-bond acceptors (Lipinski definition) is 5. The van der Waals surface area contributed by atoms with Gasteiger partial charge in [0, 0.05) is 30.6 Å². The molecule has 2 aromatic rings. The molecule has 0 radical (unpaired) electrons. The number of likely N-dealkylation sites (tertiary alicyclic amines) is 1. The first-order chi connectivity index (χ1) is 10.6. The summed E-state index contributed by atoms with van der Waals surface area (Å²) in [5, 5.41) is 5.26. The Labute approximate surface area is 140 Å². The molecule has 3 rings (SSSR count). The second-order valence-electron chi connectivity index (χ2n) is 5.00. The van der Waals surface area contributed by atoms with E-state index in [9.17, 15) is 9.59 Å². The predicted octanol–water partition coefficient (Wildman–Crippen LogP) is 3.35. The smallest absolute Gasteiger partial charge is 0.263 e. The van der Waals surface area contributed by atoms with Gasteiger partial charge < -0.3 is 10.2 Å². The summed E-state index contributed by atoms with van der Waals surface area (Å²) >= 11 is 8.55. The van der Waals surface area contributed by atoms with Crippen LogP contribution in [0.25, 0.3) is 0 Å². The van der Waals surface area contributed by atoms with Crippen LogP contribution in [0.3, 0.4) is 0 Å². The van der Waals surface area contributed by atoms with Crippen molar-refractivity contribution < 1.29 is 9.59 Å². The maximum atomic E-state index is 12.3. The Hall–Kier alpha value is -1.44. The normalized spacial score (nSPS) is 15.8. The van der Waals surface area contributed by atoms with Crippen molar-refractivity contribution in [3.63, 3.8) is 0 Å². The lowest BCUT2D eigenvalue weighted by Crippen LogP contribution is -2.41. The van der Waals surface area contributed by atoms with Gasteiger partial charge in [-0.3, -0.25) is 9.59 Å². The summed E-state index contributed by atoms with van der Waals surface area (Å²) in [6, 6.07) is 3.48. The average molecular weight is 356 g/mol. The maximum absolute atomic E-state index is 12.3. The summed E-state index contributed by atoms with van der Waals surface area (Å²) in [5.41, 5.74) is 0. The number of thiazole rings is 1. The number of halogens is 1. The van der Waals surface area contributed by atoms with E-state index in [1.807, 2.05) is 5.38 Å². The quantitative estimate of drug-likeness (QED) is 0.918. The van der Waals surface area contributed by atoms with E-state index in [1.54, 1.807) is 23.2 Å². The molecule has 5 nitrogen and oxygen atoms in total. The highest BCUT2D eigenvalue weighted by Gasteiger charge is 2.28. The van der Waals surface area contributed by atoms with Crippen LogP contribution in [0.4, 0.5) is 5.13 Å². The molecule has 0 bridgehead atoms. The molecule has 3 heterocycles. The molecule has 0 spiro atoms. The Morgan fingerprint density at radius 3 is 2.68 bits per heavy atom. The molecule has 1 fully saturated rings. The molecule has 22 heavy (non-hydrogen) atoms.